The fraction of sp³-hybridized carbons (Fsp3) is 0.150. The number of allylic oxidation sites excluding steroid dienone is 2. The number of methoxy groups -OCH3 is 2. The van der Waals surface area contributed by atoms with Crippen LogP contribution >= 0.6 is 0 Å². The fourth-order valence-corrected chi connectivity index (χ4v) is 2.40. The van der Waals surface area contributed by atoms with Crippen LogP contribution in [0.3, 0.4) is 0 Å². The van der Waals surface area contributed by atoms with E-state index in [1.807, 2.05) is 12.1 Å². The topological polar surface area (TPSA) is 55.8 Å². The lowest BCUT2D eigenvalue weighted by Gasteiger charge is -2.14. The molecule has 0 fully saturated rings. The van der Waals surface area contributed by atoms with Crippen molar-refractivity contribution in [2.45, 2.75) is 6.42 Å². The quantitative estimate of drug-likeness (QED) is 0.474. The summed E-state index contributed by atoms with van der Waals surface area (Å²) in [6.45, 7) is 3.75. The highest BCUT2D eigenvalue weighted by Crippen LogP contribution is 2.34. The predicted molar refractivity (Wildman–Crippen MR) is 94.9 cm³/mol. The highest BCUT2D eigenvalue weighted by Gasteiger charge is 2.12. The van der Waals surface area contributed by atoms with Crippen molar-refractivity contribution in [1.82, 2.24) is 0 Å². The smallest absolute Gasteiger partial charge is 0.185 e. The summed E-state index contributed by atoms with van der Waals surface area (Å²) < 4.78 is 10.9. The lowest BCUT2D eigenvalue weighted by atomic mass is 10.0. The van der Waals surface area contributed by atoms with E-state index in [-0.39, 0.29) is 11.5 Å². The standard InChI is InChI=1S/C20H20O4/c1-4-5-15-8-13-19(23-2)17(20(15)24-3)11-12-18(22)14-6-9-16(21)10-7-14/h4,6-13,21H,1,5H2,2-3H3/b12-11+. The molecular weight excluding hydrogens is 304 g/mol. The van der Waals surface area contributed by atoms with Gasteiger partial charge in [0.25, 0.3) is 0 Å². The number of carbonyl (C=O) groups excluding carboxylic acids is 1. The Labute approximate surface area is 141 Å². The minimum atomic E-state index is -0.173. The molecule has 0 aliphatic carbocycles. The van der Waals surface area contributed by atoms with Gasteiger partial charge in [-0.05, 0) is 54.5 Å². The van der Waals surface area contributed by atoms with Gasteiger partial charge in [-0.25, -0.2) is 0 Å². The molecule has 0 spiro atoms. The number of phenolic OH excluding ortho intramolecular Hbond substituents is 1. The number of hydrogen-bond acceptors (Lipinski definition) is 4. The molecule has 2 aromatic carbocycles. The van der Waals surface area contributed by atoms with E-state index >= 15 is 0 Å². The number of benzene rings is 2. The zero-order valence-electron chi connectivity index (χ0n) is 13.8. The van der Waals surface area contributed by atoms with Crippen LogP contribution in [0.1, 0.15) is 21.5 Å². The molecule has 0 heterocycles. The first-order valence-electron chi connectivity index (χ1n) is 7.47. The summed E-state index contributed by atoms with van der Waals surface area (Å²) in [4.78, 5) is 12.3. The van der Waals surface area contributed by atoms with E-state index in [1.165, 1.54) is 18.2 Å². The number of hydrogen-bond donors (Lipinski definition) is 1. The molecule has 2 rings (SSSR count). The van der Waals surface area contributed by atoms with Crippen molar-refractivity contribution in [1.29, 1.82) is 0 Å². The van der Waals surface area contributed by atoms with E-state index in [1.54, 1.807) is 38.5 Å². The van der Waals surface area contributed by atoms with Crippen LogP contribution in [0.25, 0.3) is 6.08 Å². The minimum Gasteiger partial charge on any atom is -0.508 e. The molecule has 0 bridgehead atoms. The average Bonchev–Trinajstić information content (AvgIpc) is 2.60. The molecule has 0 radical (unpaired) electrons. The Morgan fingerprint density at radius 3 is 2.42 bits per heavy atom. The van der Waals surface area contributed by atoms with E-state index in [2.05, 4.69) is 6.58 Å². The van der Waals surface area contributed by atoms with E-state index < -0.39 is 0 Å². The molecule has 0 unspecified atom stereocenters. The lowest BCUT2D eigenvalue weighted by Crippen LogP contribution is -1.98. The van der Waals surface area contributed by atoms with E-state index in [0.717, 1.165) is 5.56 Å². The third kappa shape index (κ3) is 3.84. The van der Waals surface area contributed by atoms with Crippen molar-refractivity contribution in [2.75, 3.05) is 14.2 Å². The van der Waals surface area contributed by atoms with Crippen LogP contribution in [0.4, 0.5) is 0 Å². The summed E-state index contributed by atoms with van der Waals surface area (Å²) in [5.41, 5.74) is 2.15. The van der Waals surface area contributed by atoms with Gasteiger partial charge < -0.3 is 14.6 Å². The Balaban J connectivity index is 2.39. The number of aromatic hydroxyl groups is 1. The van der Waals surface area contributed by atoms with Crippen molar-refractivity contribution in [3.05, 3.63) is 71.8 Å². The number of rotatable bonds is 7. The first kappa shape index (κ1) is 17.3. The van der Waals surface area contributed by atoms with Crippen LogP contribution in [0.15, 0.2) is 55.1 Å². The molecule has 1 N–H and O–H groups in total. The molecule has 0 saturated carbocycles. The van der Waals surface area contributed by atoms with E-state index in [0.29, 0.717) is 29.0 Å². The van der Waals surface area contributed by atoms with Gasteiger partial charge in [0, 0.05) is 5.56 Å². The molecule has 0 atom stereocenters. The molecular formula is C20H20O4. The van der Waals surface area contributed by atoms with Crippen molar-refractivity contribution in [2.24, 2.45) is 0 Å². The van der Waals surface area contributed by atoms with Crippen LogP contribution in [-0.2, 0) is 6.42 Å². The van der Waals surface area contributed by atoms with Crippen molar-refractivity contribution >= 4 is 11.9 Å². The van der Waals surface area contributed by atoms with E-state index in [4.69, 9.17) is 9.47 Å². The van der Waals surface area contributed by atoms with Gasteiger partial charge in [-0.3, -0.25) is 4.79 Å². The van der Waals surface area contributed by atoms with Crippen LogP contribution in [-0.4, -0.2) is 25.1 Å². The Kier molecular flexibility index (Phi) is 5.79. The molecule has 0 aliphatic rings. The summed E-state index contributed by atoms with van der Waals surface area (Å²) in [5, 5.41) is 9.29. The van der Waals surface area contributed by atoms with Gasteiger partial charge in [0.1, 0.15) is 17.2 Å². The summed E-state index contributed by atoms with van der Waals surface area (Å²) in [6, 6.07) is 9.86. The number of ketones is 1. The Morgan fingerprint density at radius 1 is 1.12 bits per heavy atom. The maximum Gasteiger partial charge on any atom is 0.185 e. The summed E-state index contributed by atoms with van der Waals surface area (Å²) in [5.74, 6) is 1.22. The molecule has 124 valence electrons. The second-order valence-electron chi connectivity index (χ2n) is 5.11. The monoisotopic (exact) mass is 324 g/mol. The molecule has 4 heteroatoms. The maximum absolute atomic E-state index is 12.3. The van der Waals surface area contributed by atoms with Crippen molar-refractivity contribution in [3.63, 3.8) is 0 Å². The molecule has 0 aliphatic heterocycles. The zero-order valence-corrected chi connectivity index (χ0v) is 13.8. The summed E-state index contributed by atoms with van der Waals surface area (Å²) in [7, 11) is 3.15. The molecule has 24 heavy (non-hydrogen) atoms. The van der Waals surface area contributed by atoms with Gasteiger partial charge in [0.15, 0.2) is 5.78 Å². The Morgan fingerprint density at radius 2 is 1.83 bits per heavy atom. The van der Waals surface area contributed by atoms with Gasteiger partial charge in [-0.1, -0.05) is 12.1 Å². The number of ether oxygens (including phenoxy) is 2. The lowest BCUT2D eigenvalue weighted by molar-refractivity contribution is 0.104. The SMILES string of the molecule is C=CCc1ccc(OC)c(/C=C/C(=O)c2ccc(O)cc2)c1OC. The highest BCUT2D eigenvalue weighted by atomic mass is 16.5. The fourth-order valence-electron chi connectivity index (χ4n) is 2.40. The van der Waals surface area contributed by atoms with Crippen LogP contribution in [0.2, 0.25) is 0 Å². The largest absolute Gasteiger partial charge is 0.508 e. The predicted octanol–water partition coefficient (Wildman–Crippen LogP) is 4.03. The molecule has 0 saturated heterocycles. The third-order valence-electron chi connectivity index (χ3n) is 3.58. The highest BCUT2D eigenvalue weighted by molar-refractivity contribution is 6.07. The Hall–Kier alpha value is -3.01. The Bertz CT molecular complexity index is 758. The van der Waals surface area contributed by atoms with E-state index in [9.17, 15) is 9.90 Å². The number of phenols is 1. The molecule has 0 aromatic heterocycles. The second-order valence-corrected chi connectivity index (χ2v) is 5.11. The normalized spacial score (nSPS) is 10.6. The molecule has 2 aromatic rings. The third-order valence-corrected chi connectivity index (χ3v) is 3.58. The van der Waals surface area contributed by atoms with Crippen LogP contribution in [0, 0.1) is 0 Å². The number of carbonyl (C=O) groups is 1. The second kappa shape index (κ2) is 8.02. The minimum absolute atomic E-state index is 0.121. The molecule has 0 amide bonds. The first-order valence-corrected chi connectivity index (χ1v) is 7.47. The average molecular weight is 324 g/mol. The first-order chi connectivity index (χ1) is 11.6. The summed E-state index contributed by atoms with van der Waals surface area (Å²) in [6.07, 6.45) is 5.59. The van der Waals surface area contributed by atoms with Crippen LogP contribution < -0.4 is 9.47 Å². The van der Waals surface area contributed by atoms with Gasteiger partial charge >= 0.3 is 0 Å². The van der Waals surface area contributed by atoms with Gasteiger partial charge in [0.05, 0.1) is 19.8 Å². The maximum atomic E-state index is 12.3. The van der Waals surface area contributed by atoms with Gasteiger partial charge in [0.2, 0.25) is 0 Å². The zero-order chi connectivity index (χ0) is 17.5. The molecule has 4 nitrogen and oxygen atoms in total. The summed E-state index contributed by atoms with van der Waals surface area (Å²) >= 11 is 0. The van der Waals surface area contributed by atoms with Gasteiger partial charge in [-0.2, -0.15) is 0 Å². The van der Waals surface area contributed by atoms with Crippen LogP contribution in [0.5, 0.6) is 17.2 Å². The van der Waals surface area contributed by atoms with Crippen molar-refractivity contribution < 1.29 is 19.4 Å². The van der Waals surface area contributed by atoms with Crippen molar-refractivity contribution in [3.8, 4) is 17.2 Å². The van der Waals surface area contributed by atoms with Gasteiger partial charge in [-0.15, -0.1) is 6.58 Å².